The van der Waals surface area contributed by atoms with Gasteiger partial charge in [0, 0.05) is 12.1 Å². The molecule has 0 unspecified atom stereocenters. The molecule has 1 aliphatic rings. The summed E-state index contributed by atoms with van der Waals surface area (Å²) in [5.41, 5.74) is 1.98. The normalized spacial score (nSPS) is 14.4. The maximum atomic E-state index is 13.2. The Morgan fingerprint density at radius 1 is 1.05 bits per heavy atom. The van der Waals surface area contributed by atoms with E-state index < -0.39 is 21.9 Å². The van der Waals surface area contributed by atoms with Gasteiger partial charge in [-0.2, -0.15) is 0 Å². The Balaban J connectivity index is 1.52. The minimum atomic E-state index is -0.468. The molecule has 0 aromatic heterocycles. The molecule has 0 N–H and O–H groups in total. The molecule has 1 fully saturated rings. The molecule has 37 heavy (non-hydrogen) atoms. The van der Waals surface area contributed by atoms with Crippen molar-refractivity contribution in [1.29, 1.82) is 0 Å². The third kappa shape index (κ3) is 6.36. The molecule has 0 saturated carbocycles. The number of hydrogen-bond acceptors (Lipinski definition) is 7. The van der Waals surface area contributed by atoms with Crippen LogP contribution in [-0.2, 0) is 17.9 Å². The molecule has 1 aliphatic heterocycles. The van der Waals surface area contributed by atoms with Crippen molar-refractivity contribution < 1.29 is 28.4 Å². The van der Waals surface area contributed by atoms with Gasteiger partial charge in [-0.05, 0) is 93.8 Å². The van der Waals surface area contributed by atoms with Crippen LogP contribution in [0, 0.1) is 15.9 Å². The Labute approximate surface area is 224 Å². The van der Waals surface area contributed by atoms with Crippen molar-refractivity contribution in [3.8, 4) is 11.5 Å². The van der Waals surface area contributed by atoms with Gasteiger partial charge in [0.15, 0.2) is 11.5 Å². The fourth-order valence-electron chi connectivity index (χ4n) is 3.50. The Morgan fingerprint density at radius 3 is 2.38 bits per heavy atom. The predicted octanol–water partition coefficient (Wildman–Crippen LogP) is 6.71. The summed E-state index contributed by atoms with van der Waals surface area (Å²) >= 11 is 4.32. The number of ether oxygens (including phenoxy) is 2. The zero-order valence-electron chi connectivity index (χ0n) is 19.5. The van der Waals surface area contributed by atoms with Crippen LogP contribution in [-0.4, -0.2) is 27.6 Å². The molecular weight excluding hydrogens is 567 g/mol. The summed E-state index contributed by atoms with van der Waals surface area (Å²) < 4.78 is 25.4. The quantitative estimate of drug-likeness (QED) is 0.156. The number of rotatable bonds is 9. The Kier molecular flexibility index (Phi) is 8.24. The largest absolute Gasteiger partial charge is 0.490 e. The molecule has 3 aromatic carbocycles. The molecule has 0 spiro atoms. The first-order chi connectivity index (χ1) is 17.7. The molecule has 4 rings (SSSR count). The van der Waals surface area contributed by atoms with E-state index in [0.717, 1.165) is 22.2 Å². The molecule has 3 aromatic rings. The smallest absolute Gasteiger partial charge is 0.293 e. The van der Waals surface area contributed by atoms with E-state index in [4.69, 9.17) is 9.47 Å². The maximum absolute atomic E-state index is 13.2. The standard InChI is InChI=1S/C26H20BrFN2O6S/c1-2-35-22-12-18(11-21(27)24(22)36-15-17-5-9-20(10-6-17)30(33)34)13-23-25(31)29(26(32)37-23)14-16-3-7-19(28)8-4-16/h3-13H,2,14-15H2,1H3/b23-13-. The average Bonchev–Trinajstić information content (AvgIpc) is 3.12. The maximum Gasteiger partial charge on any atom is 0.293 e. The number of carbonyl (C=O) groups excluding carboxylic acids is 2. The molecule has 1 saturated heterocycles. The number of imide groups is 1. The third-order valence-corrected chi connectivity index (χ3v) is 6.78. The first-order valence-corrected chi connectivity index (χ1v) is 12.7. The number of non-ortho nitro benzene ring substituents is 1. The number of nitrogens with zero attached hydrogens (tertiary/aromatic N) is 2. The van der Waals surface area contributed by atoms with Gasteiger partial charge in [-0.3, -0.25) is 24.6 Å². The van der Waals surface area contributed by atoms with Gasteiger partial charge in [-0.15, -0.1) is 0 Å². The van der Waals surface area contributed by atoms with Gasteiger partial charge in [0.25, 0.3) is 16.8 Å². The Morgan fingerprint density at radius 2 is 1.73 bits per heavy atom. The molecule has 0 aliphatic carbocycles. The fraction of sp³-hybridized carbons (Fsp3) is 0.154. The van der Waals surface area contributed by atoms with Crippen LogP contribution >= 0.6 is 27.7 Å². The second-order valence-corrected chi connectivity index (χ2v) is 9.72. The number of hydrogen-bond donors (Lipinski definition) is 0. The van der Waals surface area contributed by atoms with Crippen molar-refractivity contribution in [2.45, 2.75) is 20.1 Å². The van der Waals surface area contributed by atoms with Crippen molar-refractivity contribution in [2.75, 3.05) is 6.61 Å². The van der Waals surface area contributed by atoms with E-state index in [2.05, 4.69) is 15.9 Å². The number of thioether (sulfide) groups is 1. The Bertz CT molecular complexity index is 1380. The minimum absolute atomic E-state index is 0.00799. The van der Waals surface area contributed by atoms with E-state index in [1.165, 1.54) is 36.4 Å². The lowest BCUT2D eigenvalue weighted by molar-refractivity contribution is -0.384. The molecule has 11 heteroatoms. The second kappa shape index (κ2) is 11.6. The van der Waals surface area contributed by atoms with Crippen LogP contribution in [0.25, 0.3) is 6.08 Å². The molecule has 0 atom stereocenters. The topological polar surface area (TPSA) is 99.0 Å². The zero-order valence-corrected chi connectivity index (χ0v) is 21.9. The highest BCUT2D eigenvalue weighted by atomic mass is 79.9. The molecule has 190 valence electrons. The van der Waals surface area contributed by atoms with Gasteiger partial charge < -0.3 is 9.47 Å². The Hall–Kier alpha value is -3.70. The van der Waals surface area contributed by atoms with Crippen LogP contribution in [0.5, 0.6) is 11.5 Å². The molecule has 1 heterocycles. The number of nitro groups is 1. The van der Waals surface area contributed by atoms with E-state index in [1.54, 1.807) is 30.3 Å². The predicted molar refractivity (Wildman–Crippen MR) is 141 cm³/mol. The highest BCUT2D eigenvalue weighted by molar-refractivity contribution is 9.10. The van der Waals surface area contributed by atoms with Crippen molar-refractivity contribution in [2.24, 2.45) is 0 Å². The van der Waals surface area contributed by atoms with E-state index in [1.807, 2.05) is 6.92 Å². The van der Waals surface area contributed by atoms with Crippen molar-refractivity contribution in [3.63, 3.8) is 0 Å². The second-order valence-electron chi connectivity index (χ2n) is 7.87. The monoisotopic (exact) mass is 586 g/mol. The van der Waals surface area contributed by atoms with E-state index in [9.17, 15) is 24.1 Å². The van der Waals surface area contributed by atoms with E-state index in [-0.39, 0.29) is 23.7 Å². The number of amides is 2. The van der Waals surface area contributed by atoms with Gasteiger partial charge in [-0.25, -0.2) is 4.39 Å². The van der Waals surface area contributed by atoms with Crippen molar-refractivity contribution >= 4 is 50.6 Å². The summed E-state index contributed by atoms with van der Waals surface area (Å²) in [5.74, 6) is 0.0258. The molecule has 2 amide bonds. The molecule has 0 bridgehead atoms. The zero-order chi connectivity index (χ0) is 26.5. The number of carbonyl (C=O) groups is 2. The lowest BCUT2D eigenvalue weighted by Crippen LogP contribution is -2.27. The third-order valence-electron chi connectivity index (χ3n) is 5.29. The lowest BCUT2D eigenvalue weighted by Gasteiger charge is -2.15. The summed E-state index contributed by atoms with van der Waals surface area (Å²) in [5, 5.41) is 10.4. The first kappa shape index (κ1) is 26.4. The van der Waals surface area contributed by atoms with Crippen LogP contribution in [0.4, 0.5) is 14.9 Å². The van der Waals surface area contributed by atoms with Crippen LogP contribution in [0.1, 0.15) is 23.6 Å². The summed E-state index contributed by atoms with van der Waals surface area (Å²) in [7, 11) is 0. The summed E-state index contributed by atoms with van der Waals surface area (Å²) in [4.78, 5) is 37.1. The van der Waals surface area contributed by atoms with E-state index in [0.29, 0.717) is 33.7 Å². The summed E-state index contributed by atoms with van der Waals surface area (Å²) in [6.45, 7) is 2.38. The molecule has 8 nitrogen and oxygen atoms in total. The van der Waals surface area contributed by atoms with Crippen LogP contribution in [0.2, 0.25) is 0 Å². The van der Waals surface area contributed by atoms with Gasteiger partial charge in [0.1, 0.15) is 12.4 Å². The summed E-state index contributed by atoms with van der Waals surface area (Å²) in [6.07, 6.45) is 1.60. The SMILES string of the molecule is CCOc1cc(/C=C2\SC(=O)N(Cc3ccc(F)cc3)C2=O)cc(Br)c1OCc1ccc([N+](=O)[O-])cc1. The lowest BCUT2D eigenvalue weighted by atomic mass is 10.1. The average molecular weight is 587 g/mol. The fourth-order valence-corrected chi connectivity index (χ4v) is 4.92. The van der Waals surface area contributed by atoms with Gasteiger partial charge in [-0.1, -0.05) is 12.1 Å². The minimum Gasteiger partial charge on any atom is -0.490 e. The highest BCUT2D eigenvalue weighted by Crippen LogP contribution is 2.40. The van der Waals surface area contributed by atoms with Crippen LogP contribution in [0.15, 0.2) is 70.0 Å². The molecule has 0 radical (unpaired) electrons. The number of nitro benzene ring substituents is 1. The van der Waals surface area contributed by atoms with E-state index >= 15 is 0 Å². The van der Waals surface area contributed by atoms with Crippen LogP contribution in [0.3, 0.4) is 0 Å². The summed E-state index contributed by atoms with van der Waals surface area (Å²) in [6, 6.07) is 15.1. The highest BCUT2D eigenvalue weighted by Gasteiger charge is 2.35. The van der Waals surface area contributed by atoms with Gasteiger partial charge >= 0.3 is 0 Å². The van der Waals surface area contributed by atoms with Gasteiger partial charge in [0.2, 0.25) is 0 Å². The van der Waals surface area contributed by atoms with Crippen molar-refractivity contribution in [3.05, 3.63) is 103 Å². The van der Waals surface area contributed by atoms with Crippen LogP contribution < -0.4 is 9.47 Å². The number of benzene rings is 3. The number of halogens is 2. The van der Waals surface area contributed by atoms with Crippen molar-refractivity contribution in [1.82, 2.24) is 4.90 Å². The van der Waals surface area contributed by atoms with Gasteiger partial charge in [0.05, 0.1) is 27.5 Å². The first-order valence-electron chi connectivity index (χ1n) is 11.1. The molecular formula is C26H20BrFN2O6S.